The van der Waals surface area contributed by atoms with E-state index in [9.17, 15) is 4.79 Å². The second kappa shape index (κ2) is 8.93. The lowest BCUT2D eigenvalue weighted by atomic mass is 10.1. The Bertz CT molecular complexity index is 739. The van der Waals surface area contributed by atoms with Gasteiger partial charge in [-0.05, 0) is 37.6 Å². The van der Waals surface area contributed by atoms with Gasteiger partial charge in [-0.1, -0.05) is 24.1 Å². The first-order valence-electron chi connectivity index (χ1n) is 7.36. The molecule has 0 fully saturated rings. The van der Waals surface area contributed by atoms with E-state index in [-0.39, 0.29) is 5.91 Å². The molecule has 0 saturated heterocycles. The van der Waals surface area contributed by atoms with Gasteiger partial charge in [0.25, 0.3) is 5.91 Å². The summed E-state index contributed by atoms with van der Waals surface area (Å²) in [6.45, 7) is 4.11. The number of hydrogen-bond acceptors (Lipinski definition) is 5. The Morgan fingerprint density at radius 2 is 2.25 bits per heavy atom. The SMILES string of the molecule is CSNC(=O)c1cccc(CO/C(C)=C/N=C(\C)c2ccn[nH]2)c1. The Kier molecular flexibility index (Phi) is 6.62. The first kappa shape index (κ1) is 17.8. The molecule has 0 radical (unpaired) electrons. The van der Waals surface area contributed by atoms with Gasteiger partial charge in [0, 0.05) is 18.0 Å². The molecule has 0 aliphatic carbocycles. The number of hydrogen-bond donors (Lipinski definition) is 2. The lowest BCUT2D eigenvalue weighted by Crippen LogP contribution is -2.15. The second-order valence-electron chi connectivity index (χ2n) is 5.05. The highest BCUT2D eigenvalue weighted by atomic mass is 32.2. The van der Waals surface area contributed by atoms with E-state index in [2.05, 4.69) is 19.9 Å². The zero-order valence-electron chi connectivity index (χ0n) is 13.9. The number of H-pyrrole nitrogens is 1. The van der Waals surface area contributed by atoms with Crippen LogP contribution >= 0.6 is 11.9 Å². The van der Waals surface area contributed by atoms with Crippen LogP contribution in [0.4, 0.5) is 0 Å². The number of aromatic nitrogens is 2. The van der Waals surface area contributed by atoms with Crippen molar-refractivity contribution in [2.45, 2.75) is 20.5 Å². The number of aromatic amines is 1. The monoisotopic (exact) mass is 344 g/mol. The van der Waals surface area contributed by atoms with Gasteiger partial charge in [-0.25, -0.2) is 0 Å². The Hall–Kier alpha value is -2.54. The molecule has 2 N–H and O–H groups in total. The van der Waals surface area contributed by atoms with E-state index in [0.717, 1.165) is 17.0 Å². The summed E-state index contributed by atoms with van der Waals surface area (Å²) >= 11 is 1.28. The molecule has 1 heterocycles. The topological polar surface area (TPSA) is 79.4 Å². The Labute approximate surface area is 145 Å². The fourth-order valence-corrected chi connectivity index (χ4v) is 2.21. The standard InChI is InChI=1S/C17H20N4O2S/c1-12(10-18-13(2)16-7-8-19-20-16)23-11-14-5-4-6-15(9-14)17(22)21-24-3/h4-10H,11H2,1-3H3,(H,19,20)(H,21,22)/b12-10+,18-13+. The molecule has 0 atom stereocenters. The minimum atomic E-state index is -0.114. The maximum Gasteiger partial charge on any atom is 0.261 e. The number of ether oxygens (including phenoxy) is 1. The summed E-state index contributed by atoms with van der Waals surface area (Å²) in [7, 11) is 0. The summed E-state index contributed by atoms with van der Waals surface area (Å²) in [5, 5.41) is 6.75. The smallest absolute Gasteiger partial charge is 0.261 e. The van der Waals surface area contributed by atoms with Crippen LogP contribution in [0.5, 0.6) is 0 Å². The first-order valence-corrected chi connectivity index (χ1v) is 8.58. The van der Waals surface area contributed by atoms with Crippen molar-refractivity contribution in [2.75, 3.05) is 6.26 Å². The van der Waals surface area contributed by atoms with E-state index < -0.39 is 0 Å². The molecule has 6 nitrogen and oxygen atoms in total. The summed E-state index contributed by atoms with van der Waals surface area (Å²) in [6.07, 6.45) is 5.16. The van der Waals surface area contributed by atoms with Crippen LogP contribution in [0.2, 0.25) is 0 Å². The Morgan fingerprint density at radius 1 is 1.42 bits per heavy atom. The third kappa shape index (κ3) is 5.27. The molecular formula is C17H20N4O2S. The number of nitrogens with one attached hydrogen (secondary N) is 2. The van der Waals surface area contributed by atoms with Crippen LogP contribution < -0.4 is 4.72 Å². The molecule has 24 heavy (non-hydrogen) atoms. The number of nitrogens with zero attached hydrogens (tertiary/aromatic N) is 2. The van der Waals surface area contributed by atoms with Crippen LogP contribution in [0.3, 0.4) is 0 Å². The van der Waals surface area contributed by atoms with Gasteiger partial charge in [-0.15, -0.1) is 0 Å². The van der Waals surface area contributed by atoms with Gasteiger partial charge < -0.3 is 4.74 Å². The normalized spacial score (nSPS) is 12.1. The van der Waals surface area contributed by atoms with Gasteiger partial charge in [0.15, 0.2) is 0 Å². The lowest BCUT2D eigenvalue weighted by molar-refractivity contribution is 0.0984. The predicted octanol–water partition coefficient (Wildman–Crippen LogP) is 3.30. The fourth-order valence-electron chi connectivity index (χ4n) is 1.90. The molecule has 2 aromatic rings. The number of amides is 1. The summed E-state index contributed by atoms with van der Waals surface area (Å²) in [4.78, 5) is 16.2. The summed E-state index contributed by atoms with van der Waals surface area (Å²) < 4.78 is 8.38. The van der Waals surface area contributed by atoms with Gasteiger partial charge in [-0.3, -0.25) is 19.6 Å². The van der Waals surface area contributed by atoms with Gasteiger partial charge in [-0.2, -0.15) is 5.10 Å². The van der Waals surface area contributed by atoms with Crippen LogP contribution in [0.1, 0.15) is 35.5 Å². The van der Waals surface area contributed by atoms with E-state index in [0.29, 0.717) is 17.9 Å². The van der Waals surface area contributed by atoms with Crippen molar-refractivity contribution in [1.29, 1.82) is 0 Å². The molecular weight excluding hydrogens is 324 g/mol. The molecule has 0 bridgehead atoms. The van der Waals surface area contributed by atoms with E-state index in [1.54, 1.807) is 18.5 Å². The third-order valence-corrected chi connectivity index (χ3v) is 3.57. The highest BCUT2D eigenvalue weighted by Gasteiger charge is 2.05. The quantitative estimate of drug-likeness (QED) is 0.459. The van der Waals surface area contributed by atoms with Crippen molar-refractivity contribution in [2.24, 2.45) is 4.99 Å². The van der Waals surface area contributed by atoms with Crippen LogP contribution in [0.15, 0.2) is 53.5 Å². The maximum absolute atomic E-state index is 11.8. The molecule has 126 valence electrons. The molecule has 0 unspecified atom stereocenters. The zero-order valence-corrected chi connectivity index (χ0v) is 14.7. The average molecular weight is 344 g/mol. The molecule has 2 rings (SSSR count). The first-order chi connectivity index (χ1) is 11.6. The van der Waals surface area contributed by atoms with Gasteiger partial charge >= 0.3 is 0 Å². The van der Waals surface area contributed by atoms with Crippen molar-refractivity contribution < 1.29 is 9.53 Å². The summed E-state index contributed by atoms with van der Waals surface area (Å²) in [6, 6.07) is 9.21. The van der Waals surface area contributed by atoms with Crippen molar-refractivity contribution in [3.63, 3.8) is 0 Å². The second-order valence-corrected chi connectivity index (χ2v) is 5.66. The molecule has 0 spiro atoms. The molecule has 0 aliphatic heterocycles. The van der Waals surface area contributed by atoms with E-state index in [1.807, 2.05) is 44.4 Å². The Balaban J connectivity index is 1.95. The number of benzene rings is 1. The minimum absolute atomic E-state index is 0.114. The van der Waals surface area contributed by atoms with Crippen LogP contribution in [0.25, 0.3) is 0 Å². The molecule has 1 aromatic carbocycles. The van der Waals surface area contributed by atoms with E-state index >= 15 is 0 Å². The third-order valence-electron chi connectivity index (χ3n) is 3.18. The number of aliphatic imine (C=N–C) groups is 1. The van der Waals surface area contributed by atoms with E-state index in [1.165, 1.54) is 11.9 Å². The average Bonchev–Trinajstić information content (AvgIpc) is 3.13. The van der Waals surface area contributed by atoms with Crippen LogP contribution in [-0.2, 0) is 11.3 Å². The van der Waals surface area contributed by atoms with Crippen LogP contribution in [-0.4, -0.2) is 28.1 Å². The molecule has 0 saturated carbocycles. The largest absolute Gasteiger partial charge is 0.492 e. The van der Waals surface area contributed by atoms with Crippen molar-refractivity contribution in [3.8, 4) is 0 Å². The summed E-state index contributed by atoms with van der Waals surface area (Å²) in [5.41, 5.74) is 3.23. The summed E-state index contributed by atoms with van der Waals surface area (Å²) in [5.74, 6) is 0.573. The molecule has 7 heteroatoms. The Morgan fingerprint density at radius 3 is 2.96 bits per heavy atom. The van der Waals surface area contributed by atoms with E-state index in [4.69, 9.17) is 4.74 Å². The maximum atomic E-state index is 11.8. The number of rotatable bonds is 7. The minimum Gasteiger partial charge on any atom is -0.492 e. The van der Waals surface area contributed by atoms with Gasteiger partial charge in [0.2, 0.25) is 0 Å². The number of allylic oxidation sites excluding steroid dienone is 1. The highest BCUT2D eigenvalue weighted by Crippen LogP contribution is 2.10. The molecule has 1 amide bonds. The zero-order chi connectivity index (χ0) is 17.4. The van der Waals surface area contributed by atoms with Crippen molar-refractivity contribution >= 4 is 23.6 Å². The van der Waals surface area contributed by atoms with Gasteiger partial charge in [0.05, 0.1) is 17.6 Å². The van der Waals surface area contributed by atoms with Crippen molar-refractivity contribution in [1.82, 2.24) is 14.9 Å². The van der Waals surface area contributed by atoms with Crippen LogP contribution in [0, 0.1) is 0 Å². The fraction of sp³-hybridized carbons (Fsp3) is 0.235. The number of carbonyl (C=O) groups excluding carboxylic acids is 1. The predicted molar refractivity (Wildman–Crippen MR) is 96.8 cm³/mol. The van der Waals surface area contributed by atoms with Gasteiger partial charge in [0.1, 0.15) is 12.4 Å². The molecule has 0 aliphatic rings. The number of carbonyl (C=O) groups is 1. The highest BCUT2D eigenvalue weighted by molar-refractivity contribution is 7.97. The van der Waals surface area contributed by atoms with Crippen molar-refractivity contribution in [3.05, 3.63) is 65.3 Å². The lowest BCUT2D eigenvalue weighted by Gasteiger charge is -2.07. The molecule has 1 aromatic heterocycles.